The van der Waals surface area contributed by atoms with Crippen molar-refractivity contribution >= 4 is 8.07 Å². The van der Waals surface area contributed by atoms with E-state index in [0.29, 0.717) is 13.2 Å². The Morgan fingerprint density at radius 2 is 1.34 bits per heavy atom. The lowest BCUT2D eigenvalue weighted by Gasteiger charge is -2.15. The van der Waals surface area contributed by atoms with Gasteiger partial charge in [-0.2, -0.15) is 13.2 Å². The third-order valence-electron chi connectivity index (χ3n) is 4.73. The summed E-state index contributed by atoms with van der Waals surface area (Å²) in [5.74, 6) is 3.14. The molecule has 0 saturated carbocycles. The molecule has 0 aromatic heterocycles. The Kier molecular flexibility index (Phi) is 16.9. The molecule has 0 radical (unpaired) electrons. The van der Waals surface area contributed by atoms with Gasteiger partial charge >= 0.3 is 6.18 Å². The highest BCUT2D eigenvalue weighted by Crippen LogP contribution is 2.25. The maximum absolute atomic E-state index is 12.3. The molecule has 0 aliphatic carbocycles. The van der Waals surface area contributed by atoms with Crippen LogP contribution in [0.5, 0.6) is 0 Å². The number of ether oxygens (including phenoxy) is 2. The fraction of sp³-hybridized carbons (Fsp3) is 0.913. The second-order valence-corrected chi connectivity index (χ2v) is 13.3. The highest BCUT2D eigenvalue weighted by Gasteiger charge is 2.31. The summed E-state index contributed by atoms with van der Waals surface area (Å²) in [7, 11) is -2.02. The van der Waals surface area contributed by atoms with Crippen molar-refractivity contribution in [3.63, 3.8) is 0 Å². The van der Waals surface area contributed by atoms with Crippen molar-refractivity contribution in [3.05, 3.63) is 0 Å². The van der Waals surface area contributed by atoms with Gasteiger partial charge in [-0.1, -0.05) is 58.0 Å². The lowest BCUT2D eigenvalue weighted by Crippen LogP contribution is -2.26. The molecule has 0 aliphatic heterocycles. The molecule has 0 aromatic carbocycles. The van der Waals surface area contributed by atoms with Crippen LogP contribution in [0.2, 0.25) is 19.1 Å². The van der Waals surface area contributed by atoms with Gasteiger partial charge in [0, 0.05) is 19.4 Å². The van der Waals surface area contributed by atoms with E-state index in [0.717, 1.165) is 25.9 Å². The van der Waals surface area contributed by atoms with Gasteiger partial charge in [-0.05, 0) is 32.7 Å². The van der Waals surface area contributed by atoms with E-state index in [2.05, 4.69) is 11.5 Å². The van der Waals surface area contributed by atoms with Crippen molar-refractivity contribution in [2.24, 2.45) is 0 Å². The van der Waals surface area contributed by atoms with Crippen LogP contribution >= 0.6 is 0 Å². The van der Waals surface area contributed by atoms with Crippen LogP contribution in [0, 0.1) is 11.5 Å². The molecule has 0 fully saturated rings. The molecule has 172 valence electrons. The molecule has 0 heterocycles. The minimum atomic E-state index is -4.05. The van der Waals surface area contributed by atoms with Gasteiger partial charge in [0.15, 0.2) is 0 Å². The Hall–Kier alpha value is -0.513. The van der Waals surface area contributed by atoms with Gasteiger partial charge in [0.2, 0.25) is 0 Å². The maximum atomic E-state index is 12.3. The number of rotatable bonds is 17. The first-order valence-corrected chi connectivity index (χ1v) is 14.6. The van der Waals surface area contributed by atoms with Crippen LogP contribution in [0.25, 0.3) is 0 Å². The standard InChI is InChI=1S/C23H43F3O2Si/c1-22(2)28-19-18-27-17-14-12-10-8-6-5-7-9-11-13-15-20-29(3,4)21-16-23(24,25)26/h22H,5-14,16-19,21H2,1-4H3. The molecule has 0 saturated heterocycles. The smallest absolute Gasteiger partial charge is 0.379 e. The van der Waals surface area contributed by atoms with Gasteiger partial charge < -0.3 is 9.47 Å². The number of halogens is 3. The quantitative estimate of drug-likeness (QED) is 0.133. The molecule has 29 heavy (non-hydrogen) atoms. The highest BCUT2D eigenvalue weighted by atomic mass is 28.3. The predicted octanol–water partition coefficient (Wildman–Crippen LogP) is 7.53. The molecular formula is C23H43F3O2Si. The summed E-state index contributed by atoms with van der Waals surface area (Å²) in [6.07, 6.45) is 7.29. The number of hydrogen-bond acceptors (Lipinski definition) is 2. The molecule has 0 bridgehead atoms. The summed E-state index contributed by atoms with van der Waals surface area (Å²) in [6, 6.07) is 0.210. The van der Waals surface area contributed by atoms with Crippen LogP contribution < -0.4 is 0 Å². The van der Waals surface area contributed by atoms with E-state index in [1.54, 1.807) is 0 Å². The lowest BCUT2D eigenvalue weighted by molar-refractivity contribution is -0.130. The fourth-order valence-corrected chi connectivity index (χ4v) is 4.56. The van der Waals surface area contributed by atoms with Gasteiger partial charge in [-0.15, -0.1) is 11.5 Å². The molecule has 0 atom stereocenters. The molecule has 0 N–H and O–H groups in total. The van der Waals surface area contributed by atoms with E-state index in [9.17, 15) is 13.2 Å². The van der Waals surface area contributed by atoms with Crippen LogP contribution in [0.15, 0.2) is 0 Å². The zero-order valence-corrected chi connectivity index (χ0v) is 20.1. The van der Waals surface area contributed by atoms with E-state index in [1.165, 1.54) is 44.9 Å². The third kappa shape index (κ3) is 23.6. The third-order valence-corrected chi connectivity index (χ3v) is 7.08. The largest absolute Gasteiger partial charge is 0.388 e. The molecule has 0 amide bonds. The molecule has 0 rings (SSSR count). The Labute approximate surface area is 178 Å². The number of unbranched alkanes of at least 4 members (excludes halogenated alkanes) is 9. The summed E-state index contributed by atoms with van der Waals surface area (Å²) in [5, 5.41) is 0. The van der Waals surface area contributed by atoms with Crippen LogP contribution in [0.4, 0.5) is 13.2 Å². The topological polar surface area (TPSA) is 18.5 Å². The van der Waals surface area contributed by atoms with E-state index in [-0.39, 0.29) is 12.1 Å². The van der Waals surface area contributed by atoms with Gasteiger partial charge in [0.25, 0.3) is 0 Å². The zero-order valence-electron chi connectivity index (χ0n) is 19.1. The molecule has 0 unspecified atom stereocenters. The molecule has 0 aliphatic rings. The molecule has 2 nitrogen and oxygen atoms in total. The monoisotopic (exact) mass is 436 g/mol. The van der Waals surface area contributed by atoms with E-state index in [1.807, 2.05) is 26.9 Å². The highest BCUT2D eigenvalue weighted by molar-refractivity contribution is 6.85. The number of alkyl halides is 3. The Balaban J connectivity index is 3.38. The summed E-state index contributed by atoms with van der Waals surface area (Å²) in [6.45, 7) is 10.1. The van der Waals surface area contributed by atoms with Gasteiger partial charge in [-0.3, -0.25) is 0 Å². The average molecular weight is 437 g/mol. The number of hydrogen-bond donors (Lipinski definition) is 0. The van der Waals surface area contributed by atoms with Crippen LogP contribution in [0.3, 0.4) is 0 Å². The van der Waals surface area contributed by atoms with Crippen molar-refractivity contribution < 1.29 is 22.6 Å². The van der Waals surface area contributed by atoms with Gasteiger partial charge in [0.1, 0.15) is 8.07 Å². The zero-order chi connectivity index (χ0) is 22.0. The normalized spacial score (nSPS) is 12.3. The van der Waals surface area contributed by atoms with Crippen molar-refractivity contribution in [2.45, 2.75) is 116 Å². The predicted molar refractivity (Wildman–Crippen MR) is 119 cm³/mol. The average Bonchev–Trinajstić information content (AvgIpc) is 2.62. The van der Waals surface area contributed by atoms with Gasteiger partial charge in [-0.25, -0.2) is 0 Å². The van der Waals surface area contributed by atoms with E-state index < -0.39 is 20.7 Å². The first-order chi connectivity index (χ1) is 13.6. The van der Waals surface area contributed by atoms with Gasteiger partial charge in [0.05, 0.1) is 19.3 Å². The summed E-state index contributed by atoms with van der Waals surface area (Å²) < 4.78 is 47.9. The Bertz CT molecular complexity index is 440. The first kappa shape index (κ1) is 28.5. The fourth-order valence-electron chi connectivity index (χ4n) is 2.92. The lowest BCUT2D eigenvalue weighted by atomic mass is 10.1. The van der Waals surface area contributed by atoms with Crippen LogP contribution in [0.1, 0.15) is 84.5 Å². The van der Waals surface area contributed by atoms with Crippen LogP contribution in [-0.4, -0.2) is 40.2 Å². The second-order valence-electron chi connectivity index (χ2n) is 8.76. The maximum Gasteiger partial charge on any atom is 0.388 e. The van der Waals surface area contributed by atoms with Crippen molar-refractivity contribution in [1.82, 2.24) is 0 Å². The Morgan fingerprint density at radius 3 is 1.90 bits per heavy atom. The Morgan fingerprint density at radius 1 is 0.793 bits per heavy atom. The van der Waals surface area contributed by atoms with E-state index >= 15 is 0 Å². The molecular weight excluding hydrogens is 393 g/mol. The second kappa shape index (κ2) is 17.2. The van der Waals surface area contributed by atoms with Crippen molar-refractivity contribution in [3.8, 4) is 11.5 Å². The van der Waals surface area contributed by atoms with Crippen LogP contribution in [-0.2, 0) is 9.47 Å². The molecule has 0 spiro atoms. The minimum absolute atomic E-state index is 0.210. The minimum Gasteiger partial charge on any atom is -0.379 e. The molecule has 6 heteroatoms. The SMILES string of the molecule is CC(C)OCCOCCCCCCCCCCCC#C[Si](C)(C)CCC(F)(F)F. The summed E-state index contributed by atoms with van der Waals surface area (Å²) in [5.41, 5.74) is 3.15. The summed E-state index contributed by atoms with van der Waals surface area (Å²) in [4.78, 5) is 0. The molecule has 0 aromatic rings. The van der Waals surface area contributed by atoms with Crippen molar-refractivity contribution in [2.75, 3.05) is 19.8 Å². The summed E-state index contributed by atoms with van der Waals surface area (Å²) >= 11 is 0. The van der Waals surface area contributed by atoms with Crippen molar-refractivity contribution in [1.29, 1.82) is 0 Å². The first-order valence-electron chi connectivity index (χ1n) is 11.4. The van der Waals surface area contributed by atoms with E-state index in [4.69, 9.17) is 9.47 Å².